The van der Waals surface area contributed by atoms with Crippen LogP contribution in [0.5, 0.6) is 0 Å². The van der Waals surface area contributed by atoms with Gasteiger partial charge in [0.2, 0.25) is 0 Å². The molecule has 0 amide bonds. The van der Waals surface area contributed by atoms with Crippen LogP contribution in [0.15, 0.2) is 30.6 Å². The molecule has 1 aromatic carbocycles. The lowest BCUT2D eigenvalue weighted by Gasteiger charge is -2.36. The fourth-order valence-electron chi connectivity index (χ4n) is 4.67. The first kappa shape index (κ1) is 18.7. The van der Waals surface area contributed by atoms with Gasteiger partial charge < -0.3 is 4.90 Å². The number of halogens is 1. The zero-order chi connectivity index (χ0) is 18.8. The number of aromatic nitrogens is 2. The highest BCUT2D eigenvalue weighted by atomic mass is 35.5. The summed E-state index contributed by atoms with van der Waals surface area (Å²) in [6, 6.07) is 8.30. The normalized spacial score (nSPS) is 21.7. The van der Waals surface area contributed by atoms with Gasteiger partial charge in [0.25, 0.3) is 0 Å². The maximum Gasteiger partial charge on any atom is 0.135 e. The van der Waals surface area contributed by atoms with Crippen molar-refractivity contribution >= 4 is 17.4 Å². The van der Waals surface area contributed by atoms with Crippen molar-refractivity contribution in [2.45, 2.75) is 39.7 Å². The van der Waals surface area contributed by atoms with Gasteiger partial charge in [-0.3, -0.25) is 4.90 Å². The SMILES string of the molecule is Cc1ncnc(N2CCC([C@@H]3CCN(Cc4ccc(Cl)cc4)C3)CC2)c1C. The average Bonchev–Trinajstić information content (AvgIpc) is 3.15. The van der Waals surface area contributed by atoms with Crippen molar-refractivity contribution in [3.05, 3.63) is 52.4 Å². The number of anilines is 1. The summed E-state index contributed by atoms with van der Waals surface area (Å²) in [6.45, 7) is 9.96. The van der Waals surface area contributed by atoms with Gasteiger partial charge in [-0.25, -0.2) is 9.97 Å². The second-order valence-corrected chi connectivity index (χ2v) is 8.58. The summed E-state index contributed by atoms with van der Waals surface area (Å²) in [5.41, 5.74) is 3.69. The molecule has 0 aliphatic carbocycles. The minimum absolute atomic E-state index is 0.818. The molecule has 4 nitrogen and oxygen atoms in total. The Hall–Kier alpha value is -1.65. The highest BCUT2D eigenvalue weighted by Crippen LogP contribution is 2.34. The zero-order valence-electron chi connectivity index (χ0n) is 16.4. The molecule has 0 N–H and O–H groups in total. The van der Waals surface area contributed by atoms with Gasteiger partial charge in [-0.1, -0.05) is 23.7 Å². The summed E-state index contributed by atoms with van der Waals surface area (Å²) in [4.78, 5) is 13.9. The number of piperidine rings is 1. The van der Waals surface area contributed by atoms with Crippen molar-refractivity contribution in [1.82, 2.24) is 14.9 Å². The third-order valence-electron chi connectivity index (χ3n) is 6.44. The van der Waals surface area contributed by atoms with Crippen molar-refractivity contribution in [2.24, 2.45) is 11.8 Å². The molecule has 0 unspecified atom stereocenters. The van der Waals surface area contributed by atoms with Crippen molar-refractivity contribution < 1.29 is 0 Å². The predicted molar refractivity (Wildman–Crippen MR) is 111 cm³/mol. The standard InChI is InChI=1S/C22H29ClN4/c1-16-17(2)24-15-25-22(16)27-11-8-19(9-12-27)20-7-10-26(14-20)13-18-3-5-21(23)6-4-18/h3-6,15,19-20H,7-14H2,1-2H3/t20-/m1/s1. The Kier molecular flexibility index (Phi) is 5.65. The van der Waals surface area contributed by atoms with Crippen LogP contribution in [0.2, 0.25) is 5.02 Å². The van der Waals surface area contributed by atoms with Crippen LogP contribution in [0.25, 0.3) is 0 Å². The van der Waals surface area contributed by atoms with Gasteiger partial charge in [0.15, 0.2) is 0 Å². The minimum Gasteiger partial charge on any atom is -0.356 e. The van der Waals surface area contributed by atoms with Crippen molar-refractivity contribution in [1.29, 1.82) is 0 Å². The molecule has 1 atom stereocenters. The van der Waals surface area contributed by atoms with Gasteiger partial charge in [-0.05, 0) is 69.2 Å². The molecule has 4 rings (SSSR count). The van der Waals surface area contributed by atoms with Crippen LogP contribution >= 0.6 is 11.6 Å². The molecule has 2 aliphatic heterocycles. The first-order valence-electron chi connectivity index (χ1n) is 10.1. The molecule has 3 heterocycles. The topological polar surface area (TPSA) is 32.3 Å². The summed E-state index contributed by atoms with van der Waals surface area (Å²) in [6.07, 6.45) is 5.60. The maximum atomic E-state index is 6.00. The van der Waals surface area contributed by atoms with E-state index in [1.165, 1.54) is 43.5 Å². The Bertz CT molecular complexity index is 768. The highest BCUT2D eigenvalue weighted by molar-refractivity contribution is 6.30. The molecule has 0 bridgehead atoms. The molecular weight excluding hydrogens is 356 g/mol. The van der Waals surface area contributed by atoms with E-state index >= 15 is 0 Å². The molecule has 2 aromatic rings. The van der Waals surface area contributed by atoms with Crippen molar-refractivity contribution in [3.63, 3.8) is 0 Å². The summed E-state index contributed by atoms with van der Waals surface area (Å²) >= 11 is 6.00. The monoisotopic (exact) mass is 384 g/mol. The first-order chi connectivity index (χ1) is 13.1. The lowest BCUT2D eigenvalue weighted by molar-refractivity contribution is 0.252. The van der Waals surface area contributed by atoms with E-state index in [1.54, 1.807) is 6.33 Å². The van der Waals surface area contributed by atoms with Crippen molar-refractivity contribution in [2.75, 3.05) is 31.1 Å². The first-order valence-corrected chi connectivity index (χ1v) is 10.5. The Morgan fingerprint density at radius 1 is 0.963 bits per heavy atom. The lowest BCUT2D eigenvalue weighted by Crippen LogP contribution is -2.37. The average molecular weight is 385 g/mol. The van der Waals surface area contributed by atoms with E-state index in [4.69, 9.17) is 11.6 Å². The number of aryl methyl sites for hydroxylation is 1. The van der Waals surface area contributed by atoms with E-state index in [9.17, 15) is 0 Å². The molecule has 27 heavy (non-hydrogen) atoms. The van der Waals surface area contributed by atoms with E-state index < -0.39 is 0 Å². The fraction of sp³-hybridized carbons (Fsp3) is 0.545. The summed E-state index contributed by atoms with van der Waals surface area (Å²) in [5, 5.41) is 0.818. The van der Waals surface area contributed by atoms with Crippen LogP contribution < -0.4 is 4.90 Å². The van der Waals surface area contributed by atoms with Gasteiger partial charge in [0.1, 0.15) is 12.1 Å². The fourth-order valence-corrected chi connectivity index (χ4v) is 4.79. The Balaban J connectivity index is 1.30. The third kappa shape index (κ3) is 4.27. The number of hydrogen-bond donors (Lipinski definition) is 0. The van der Waals surface area contributed by atoms with Crippen LogP contribution in [0, 0.1) is 25.7 Å². The van der Waals surface area contributed by atoms with Gasteiger partial charge >= 0.3 is 0 Å². The van der Waals surface area contributed by atoms with E-state index in [-0.39, 0.29) is 0 Å². The predicted octanol–water partition coefficient (Wildman–Crippen LogP) is 4.49. The van der Waals surface area contributed by atoms with E-state index in [0.29, 0.717) is 0 Å². The molecule has 2 aliphatic rings. The number of benzene rings is 1. The van der Waals surface area contributed by atoms with Gasteiger partial charge in [-0.2, -0.15) is 0 Å². The second-order valence-electron chi connectivity index (χ2n) is 8.14. The van der Waals surface area contributed by atoms with Crippen LogP contribution in [-0.4, -0.2) is 41.0 Å². The number of likely N-dealkylation sites (tertiary alicyclic amines) is 1. The smallest absolute Gasteiger partial charge is 0.135 e. The molecule has 144 valence electrons. The largest absolute Gasteiger partial charge is 0.356 e. The van der Waals surface area contributed by atoms with Gasteiger partial charge in [-0.15, -0.1) is 0 Å². The molecule has 2 saturated heterocycles. The molecular formula is C22H29ClN4. The number of rotatable bonds is 4. The molecule has 0 saturated carbocycles. The van der Waals surface area contributed by atoms with Crippen LogP contribution in [-0.2, 0) is 6.54 Å². The summed E-state index contributed by atoms with van der Waals surface area (Å²) in [5.74, 6) is 2.82. The highest BCUT2D eigenvalue weighted by Gasteiger charge is 2.32. The Morgan fingerprint density at radius 2 is 1.67 bits per heavy atom. The van der Waals surface area contributed by atoms with Crippen molar-refractivity contribution in [3.8, 4) is 0 Å². The summed E-state index contributed by atoms with van der Waals surface area (Å²) < 4.78 is 0. The molecule has 1 aromatic heterocycles. The number of nitrogens with zero attached hydrogens (tertiary/aromatic N) is 4. The molecule has 2 fully saturated rings. The van der Waals surface area contributed by atoms with E-state index in [1.807, 2.05) is 12.1 Å². The van der Waals surface area contributed by atoms with E-state index in [0.717, 1.165) is 48.0 Å². The third-order valence-corrected chi connectivity index (χ3v) is 6.70. The van der Waals surface area contributed by atoms with Crippen LogP contribution in [0.3, 0.4) is 0 Å². The lowest BCUT2D eigenvalue weighted by atomic mass is 9.83. The van der Waals surface area contributed by atoms with Crippen LogP contribution in [0.4, 0.5) is 5.82 Å². The Labute approximate surface area is 167 Å². The molecule has 0 spiro atoms. The zero-order valence-corrected chi connectivity index (χ0v) is 17.1. The van der Waals surface area contributed by atoms with E-state index in [2.05, 4.69) is 45.7 Å². The molecule has 5 heteroatoms. The van der Waals surface area contributed by atoms with Gasteiger partial charge in [0, 0.05) is 42.5 Å². The second kappa shape index (κ2) is 8.15. The number of hydrogen-bond acceptors (Lipinski definition) is 4. The minimum atomic E-state index is 0.818. The maximum absolute atomic E-state index is 6.00. The Morgan fingerprint density at radius 3 is 2.41 bits per heavy atom. The van der Waals surface area contributed by atoms with Crippen LogP contribution in [0.1, 0.15) is 36.1 Å². The quantitative estimate of drug-likeness (QED) is 0.777. The molecule has 0 radical (unpaired) electrons. The van der Waals surface area contributed by atoms with Gasteiger partial charge in [0.05, 0.1) is 0 Å². The summed E-state index contributed by atoms with van der Waals surface area (Å²) in [7, 11) is 0.